The third-order valence-electron chi connectivity index (χ3n) is 4.18. The minimum Gasteiger partial charge on any atom is -0.460 e. The first kappa shape index (κ1) is 19.7. The fraction of sp³-hybridized carbons (Fsp3) is 0.438. The number of aryl methyl sites for hydroxylation is 1. The van der Waals surface area contributed by atoms with Gasteiger partial charge >= 0.3 is 5.97 Å². The second-order valence-electron chi connectivity index (χ2n) is 5.98. The fourth-order valence-electron chi connectivity index (χ4n) is 2.80. The summed E-state index contributed by atoms with van der Waals surface area (Å²) in [5.41, 5.74) is 6.69. The van der Waals surface area contributed by atoms with Crippen LogP contribution in [0.3, 0.4) is 0 Å². The maximum absolute atomic E-state index is 12.5. The number of nitrogens with one attached hydrogen (secondary N) is 1. The number of fused-ring (bicyclic) bond motifs is 1. The quantitative estimate of drug-likeness (QED) is 0.758. The van der Waals surface area contributed by atoms with Gasteiger partial charge in [-0.15, -0.1) is 12.4 Å². The molecule has 1 heterocycles. The molecular formula is C16H21ClN2O5S. The highest BCUT2D eigenvalue weighted by Crippen LogP contribution is 2.29. The summed E-state index contributed by atoms with van der Waals surface area (Å²) in [6.07, 6.45) is 1.28. The van der Waals surface area contributed by atoms with Gasteiger partial charge in [-0.25, -0.2) is 17.9 Å². The Labute approximate surface area is 152 Å². The Bertz CT molecular complexity index is 887. The zero-order valence-corrected chi connectivity index (χ0v) is 15.6. The van der Waals surface area contributed by atoms with Crippen LogP contribution < -0.4 is 10.5 Å². The van der Waals surface area contributed by atoms with Crippen molar-refractivity contribution in [1.29, 1.82) is 0 Å². The van der Waals surface area contributed by atoms with Gasteiger partial charge in [-0.2, -0.15) is 0 Å². The molecule has 3 rings (SSSR count). The number of halogens is 1. The summed E-state index contributed by atoms with van der Waals surface area (Å²) in [6, 6.07) is 4.45. The maximum Gasteiger partial charge on any atom is 0.374 e. The number of nitrogens with two attached hydrogens (primary N) is 1. The number of rotatable bonds is 5. The van der Waals surface area contributed by atoms with E-state index < -0.39 is 16.0 Å². The molecule has 0 unspecified atom stereocenters. The molecule has 1 saturated carbocycles. The molecule has 1 aliphatic carbocycles. The summed E-state index contributed by atoms with van der Waals surface area (Å²) in [4.78, 5) is 12.0. The highest BCUT2D eigenvalue weighted by Gasteiger charge is 2.30. The number of sulfonamides is 1. The molecule has 3 N–H and O–H groups in total. The first-order chi connectivity index (χ1) is 11.3. The minimum atomic E-state index is -3.64. The summed E-state index contributed by atoms with van der Waals surface area (Å²) < 4.78 is 38.0. The van der Waals surface area contributed by atoms with Crippen molar-refractivity contribution < 1.29 is 22.4 Å². The van der Waals surface area contributed by atoms with E-state index in [4.69, 9.17) is 14.9 Å². The van der Waals surface area contributed by atoms with Crippen LogP contribution in [0.4, 0.5) is 0 Å². The van der Waals surface area contributed by atoms with Crippen LogP contribution in [0.25, 0.3) is 11.0 Å². The number of carbonyl (C=O) groups is 1. The lowest BCUT2D eigenvalue weighted by Gasteiger charge is -2.32. The average Bonchev–Trinajstić information content (AvgIpc) is 2.82. The lowest BCUT2D eigenvalue weighted by atomic mass is 9.89. The predicted octanol–water partition coefficient (Wildman–Crippen LogP) is 2.11. The van der Waals surface area contributed by atoms with Crippen molar-refractivity contribution in [2.45, 2.75) is 43.7 Å². The van der Waals surface area contributed by atoms with E-state index in [1.165, 1.54) is 12.1 Å². The van der Waals surface area contributed by atoms with E-state index in [0.717, 1.165) is 0 Å². The normalized spacial score (nSPS) is 20.0. The van der Waals surface area contributed by atoms with E-state index >= 15 is 0 Å². The van der Waals surface area contributed by atoms with Crippen LogP contribution in [0.1, 0.15) is 35.9 Å². The van der Waals surface area contributed by atoms with Crippen molar-refractivity contribution in [3.63, 3.8) is 0 Å². The molecule has 1 fully saturated rings. The molecule has 25 heavy (non-hydrogen) atoms. The van der Waals surface area contributed by atoms with Gasteiger partial charge in [0, 0.05) is 23.0 Å². The molecule has 1 aromatic heterocycles. The molecule has 1 aliphatic rings. The van der Waals surface area contributed by atoms with Crippen LogP contribution in [0, 0.1) is 6.92 Å². The average molecular weight is 389 g/mol. The summed E-state index contributed by atoms with van der Waals surface area (Å²) >= 11 is 0. The molecule has 0 radical (unpaired) electrons. The Morgan fingerprint density at radius 3 is 2.68 bits per heavy atom. The molecular weight excluding hydrogens is 368 g/mol. The molecule has 0 spiro atoms. The number of carbonyl (C=O) groups excluding carboxylic acids is 1. The number of hydrogen-bond acceptors (Lipinski definition) is 6. The van der Waals surface area contributed by atoms with Crippen LogP contribution in [0.2, 0.25) is 0 Å². The highest BCUT2D eigenvalue weighted by molar-refractivity contribution is 7.89. The van der Waals surface area contributed by atoms with Crippen LogP contribution in [-0.2, 0) is 14.8 Å². The second kappa shape index (κ2) is 7.33. The van der Waals surface area contributed by atoms with Gasteiger partial charge in [-0.3, -0.25) is 0 Å². The smallest absolute Gasteiger partial charge is 0.374 e. The molecule has 0 saturated heterocycles. The van der Waals surface area contributed by atoms with Gasteiger partial charge in [-0.05, 0) is 44.9 Å². The predicted molar refractivity (Wildman–Crippen MR) is 95.5 cm³/mol. The van der Waals surface area contributed by atoms with Gasteiger partial charge in [0.25, 0.3) is 0 Å². The molecule has 7 nitrogen and oxygen atoms in total. The Hall–Kier alpha value is -1.61. The monoisotopic (exact) mass is 388 g/mol. The van der Waals surface area contributed by atoms with E-state index in [-0.39, 0.29) is 41.8 Å². The first-order valence-electron chi connectivity index (χ1n) is 7.80. The summed E-state index contributed by atoms with van der Waals surface area (Å²) in [7, 11) is -3.64. The van der Waals surface area contributed by atoms with Gasteiger partial charge in [-0.1, -0.05) is 0 Å². The fourth-order valence-corrected chi connectivity index (χ4v) is 4.09. The molecule has 2 aromatic rings. The number of esters is 1. The standard InChI is InChI=1S/C16H20N2O5S.ClH/c1-3-22-16(19)15-9(2)13-8-12(4-5-14(13)23-15)24(20,21)18-11-6-10(17)7-11;/h4-5,8,10-11,18H,3,6-7,17H2,1-2H3;1H. The van der Waals surface area contributed by atoms with E-state index in [2.05, 4.69) is 4.72 Å². The van der Waals surface area contributed by atoms with Gasteiger partial charge < -0.3 is 14.9 Å². The lowest BCUT2D eigenvalue weighted by molar-refractivity contribution is 0.0491. The number of benzene rings is 1. The first-order valence-corrected chi connectivity index (χ1v) is 9.28. The third kappa shape index (κ3) is 3.82. The van der Waals surface area contributed by atoms with Crippen molar-refractivity contribution in [2.24, 2.45) is 5.73 Å². The summed E-state index contributed by atoms with van der Waals surface area (Å²) in [6.45, 7) is 3.65. The Morgan fingerprint density at radius 2 is 2.08 bits per heavy atom. The molecule has 9 heteroatoms. The zero-order valence-electron chi connectivity index (χ0n) is 13.9. The SMILES string of the molecule is CCOC(=O)c1oc2ccc(S(=O)(=O)NC3CC(N)C3)cc2c1C.Cl. The van der Waals surface area contributed by atoms with Gasteiger partial charge in [0.15, 0.2) is 0 Å². The summed E-state index contributed by atoms with van der Waals surface area (Å²) in [5, 5.41) is 0.575. The lowest BCUT2D eigenvalue weighted by Crippen LogP contribution is -2.50. The van der Waals surface area contributed by atoms with Crippen molar-refractivity contribution in [2.75, 3.05) is 6.61 Å². The largest absolute Gasteiger partial charge is 0.460 e. The van der Waals surface area contributed by atoms with Gasteiger partial charge in [0.1, 0.15) is 5.58 Å². The van der Waals surface area contributed by atoms with Gasteiger partial charge in [0.05, 0.1) is 11.5 Å². The minimum absolute atomic E-state index is 0. The Morgan fingerprint density at radius 1 is 1.40 bits per heavy atom. The van der Waals surface area contributed by atoms with Crippen LogP contribution in [-0.4, -0.2) is 33.1 Å². The van der Waals surface area contributed by atoms with E-state index in [0.29, 0.717) is 29.4 Å². The van der Waals surface area contributed by atoms with E-state index in [1.807, 2.05) is 0 Å². The van der Waals surface area contributed by atoms with Crippen molar-refractivity contribution >= 4 is 39.4 Å². The highest BCUT2D eigenvalue weighted by atomic mass is 35.5. The molecule has 0 aliphatic heterocycles. The topological polar surface area (TPSA) is 112 Å². The molecule has 1 aromatic carbocycles. The summed E-state index contributed by atoms with van der Waals surface area (Å²) in [5.74, 6) is -0.462. The zero-order chi connectivity index (χ0) is 17.5. The van der Waals surface area contributed by atoms with E-state index in [1.54, 1.807) is 19.9 Å². The van der Waals surface area contributed by atoms with Crippen molar-refractivity contribution in [3.05, 3.63) is 29.5 Å². The molecule has 138 valence electrons. The van der Waals surface area contributed by atoms with Crippen LogP contribution in [0.5, 0.6) is 0 Å². The maximum atomic E-state index is 12.5. The number of hydrogen-bond donors (Lipinski definition) is 2. The third-order valence-corrected chi connectivity index (χ3v) is 5.69. The van der Waals surface area contributed by atoms with Gasteiger partial charge in [0.2, 0.25) is 15.8 Å². The molecule has 0 amide bonds. The van der Waals surface area contributed by atoms with E-state index in [9.17, 15) is 13.2 Å². The van der Waals surface area contributed by atoms with Crippen LogP contribution >= 0.6 is 12.4 Å². The number of furan rings is 1. The van der Waals surface area contributed by atoms with Crippen molar-refractivity contribution in [1.82, 2.24) is 4.72 Å². The molecule has 0 bridgehead atoms. The Kier molecular flexibility index (Phi) is 5.78. The van der Waals surface area contributed by atoms with Crippen LogP contribution in [0.15, 0.2) is 27.5 Å². The second-order valence-corrected chi connectivity index (χ2v) is 7.70. The Balaban J connectivity index is 0.00000225. The number of ether oxygens (including phenoxy) is 1. The molecule has 0 atom stereocenters. The van der Waals surface area contributed by atoms with Crippen molar-refractivity contribution in [3.8, 4) is 0 Å².